The third-order valence-corrected chi connectivity index (χ3v) is 3.76. The number of ether oxygens (including phenoxy) is 1. The van der Waals surface area contributed by atoms with Gasteiger partial charge in [-0.25, -0.2) is 4.98 Å². The van der Waals surface area contributed by atoms with Gasteiger partial charge in [-0.05, 0) is 48.5 Å². The van der Waals surface area contributed by atoms with Gasteiger partial charge < -0.3 is 15.2 Å². The lowest BCUT2D eigenvalue weighted by atomic mass is 10.2. The van der Waals surface area contributed by atoms with Gasteiger partial charge in [-0.3, -0.25) is 0 Å². The van der Waals surface area contributed by atoms with Crippen LogP contribution in [0.25, 0.3) is 11.3 Å². The zero-order chi connectivity index (χ0) is 17.2. The fraction of sp³-hybridized carbons (Fsp3) is 0.0625. The second-order valence-electron chi connectivity index (χ2n) is 4.78. The average molecular weight is 352 g/mol. The van der Waals surface area contributed by atoms with E-state index in [2.05, 4.69) is 15.0 Å². The molecular weight excluding hydrogens is 341 g/mol. The molecule has 1 aromatic heterocycles. The molecule has 0 aliphatic heterocycles. The fourth-order valence-corrected chi connectivity index (χ4v) is 2.70. The maximum absolute atomic E-state index is 12.1. The van der Waals surface area contributed by atoms with Crippen LogP contribution in [0.4, 0.5) is 24.0 Å². The predicted molar refractivity (Wildman–Crippen MR) is 85.6 cm³/mol. The molecule has 2 N–H and O–H groups in total. The van der Waals surface area contributed by atoms with Crippen molar-refractivity contribution in [2.45, 2.75) is 6.36 Å². The summed E-state index contributed by atoms with van der Waals surface area (Å²) in [5.41, 5.74) is 2.18. The van der Waals surface area contributed by atoms with E-state index < -0.39 is 6.36 Å². The van der Waals surface area contributed by atoms with E-state index in [1.807, 2.05) is 5.38 Å². The summed E-state index contributed by atoms with van der Waals surface area (Å²) < 4.78 is 40.2. The molecule has 0 atom stereocenters. The van der Waals surface area contributed by atoms with Crippen molar-refractivity contribution < 1.29 is 23.0 Å². The Kier molecular flexibility index (Phi) is 4.30. The van der Waals surface area contributed by atoms with Crippen LogP contribution in [0.3, 0.4) is 0 Å². The normalized spacial score (nSPS) is 11.3. The lowest BCUT2D eigenvalue weighted by Gasteiger charge is -2.09. The molecule has 24 heavy (non-hydrogen) atoms. The molecule has 0 spiro atoms. The summed E-state index contributed by atoms with van der Waals surface area (Å²) in [5, 5.41) is 14.7. The summed E-state index contributed by atoms with van der Waals surface area (Å²) in [7, 11) is 0. The second-order valence-corrected chi connectivity index (χ2v) is 5.64. The average Bonchev–Trinajstić information content (AvgIpc) is 2.97. The fourth-order valence-electron chi connectivity index (χ4n) is 1.96. The number of nitrogens with zero attached hydrogens (tertiary/aromatic N) is 1. The second kappa shape index (κ2) is 6.40. The Bertz CT molecular complexity index is 815. The SMILES string of the molecule is Oc1ccc(-c2csc(Nc3ccc(OC(F)(F)F)cc3)n2)cc1. The van der Waals surface area contributed by atoms with Crippen LogP contribution >= 0.6 is 11.3 Å². The molecule has 0 aliphatic rings. The van der Waals surface area contributed by atoms with Crippen LogP contribution in [0.2, 0.25) is 0 Å². The van der Waals surface area contributed by atoms with Gasteiger partial charge >= 0.3 is 6.36 Å². The highest BCUT2D eigenvalue weighted by Crippen LogP contribution is 2.29. The number of thiazole rings is 1. The molecule has 0 bridgehead atoms. The topological polar surface area (TPSA) is 54.4 Å². The summed E-state index contributed by atoms with van der Waals surface area (Å²) in [4.78, 5) is 4.40. The van der Waals surface area contributed by atoms with Gasteiger partial charge in [0.15, 0.2) is 5.13 Å². The first kappa shape index (κ1) is 16.1. The Hall–Kier alpha value is -2.74. The number of anilines is 2. The number of hydrogen-bond donors (Lipinski definition) is 2. The third kappa shape index (κ3) is 4.17. The van der Waals surface area contributed by atoms with Crippen LogP contribution in [0.15, 0.2) is 53.9 Å². The maximum atomic E-state index is 12.1. The van der Waals surface area contributed by atoms with Gasteiger partial charge in [-0.2, -0.15) is 0 Å². The Morgan fingerprint density at radius 1 is 1.00 bits per heavy atom. The first-order chi connectivity index (χ1) is 11.4. The van der Waals surface area contributed by atoms with E-state index in [9.17, 15) is 18.3 Å². The smallest absolute Gasteiger partial charge is 0.508 e. The van der Waals surface area contributed by atoms with Crippen LogP contribution in [0, 0.1) is 0 Å². The number of hydrogen-bond acceptors (Lipinski definition) is 5. The molecule has 0 fully saturated rings. The van der Waals surface area contributed by atoms with E-state index in [1.165, 1.54) is 35.6 Å². The van der Waals surface area contributed by atoms with Gasteiger partial charge in [0.2, 0.25) is 0 Å². The van der Waals surface area contributed by atoms with Crippen molar-refractivity contribution in [3.8, 4) is 22.8 Å². The number of aromatic hydroxyl groups is 1. The maximum Gasteiger partial charge on any atom is 0.573 e. The number of aromatic nitrogens is 1. The summed E-state index contributed by atoms with van der Waals surface area (Å²) in [6, 6.07) is 12.0. The number of alkyl halides is 3. The molecule has 4 nitrogen and oxygen atoms in total. The van der Waals surface area contributed by atoms with Gasteiger partial charge in [-0.15, -0.1) is 24.5 Å². The molecule has 8 heteroatoms. The number of benzene rings is 2. The number of halogens is 3. The quantitative estimate of drug-likeness (QED) is 0.681. The Morgan fingerprint density at radius 3 is 2.29 bits per heavy atom. The van der Waals surface area contributed by atoms with Crippen molar-refractivity contribution in [1.29, 1.82) is 0 Å². The summed E-state index contributed by atoms with van der Waals surface area (Å²) in [6.07, 6.45) is -4.71. The van der Waals surface area contributed by atoms with E-state index >= 15 is 0 Å². The minimum Gasteiger partial charge on any atom is -0.508 e. The minimum atomic E-state index is -4.71. The van der Waals surface area contributed by atoms with Crippen molar-refractivity contribution in [1.82, 2.24) is 4.98 Å². The standard InChI is InChI=1S/C16H11F3N2O2S/c17-16(18,19)23-13-7-3-11(4-8-13)20-15-21-14(9-24-15)10-1-5-12(22)6-2-10/h1-9,22H,(H,20,21). The largest absolute Gasteiger partial charge is 0.573 e. The van der Waals surface area contributed by atoms with Crippen LogP contribution in [-0.2, 0) is 0 Å². The Labute approximate surface area is 139 Å². The first-order valence-corrected chi connectivity index (χ1v) is 7.65. The van der Waals surface area contributed by atoms with Crippen LogP contribution in [-0.4, -0.2) is 16.5 Å². The van der Waals surface area contributed by atoms with Gasteiger partial charge in [0.25, 0.3) is 0 Å². The lowest BCUT2D eigenvalue weighted by Crippen LogP contribution is -2.16. The summed E-state index contributed by atoms with van der Waals surface area (Å²) in [5.74, 6) is -0.106. The van der Waals surface area contributed by atoms with Crippen LogP contribution < -0.4 is 10.1 Å². The third-order valence-electron chi connectivity index (χ3n) is 3.01. The molecule has 0 aliphatic carbocycles. The minimum absolute atomic E-state index is 0.175. The molecule has 3 aromatic rings. The number of phenolic OH excluding ortho intramolecular Hbond substituents is 1. The molecule has 0 saturated carbocycles. The van der Waals surface area contributed by atoms with Crippen molar-refractivity contribution in [3.63, 3.8) is 0 Å². The van der Waals surface area contributed by atoms with E-state index in [4.69, 9.17) is 0 Å². The highest BCUT2D eigenvalue weighted by molar-refractivity contribution is 7.14. The van der Waals surface area contributed by atoms with Crippen molar-refractivity contribution in [2.75, 3.05) is 5.32 Å². The van der Waals surface area contributed by atoms with Crippen molar-refractivity contribution >= 4 is 22.2 Å². The number of nitrogens with one attached hydrogen (secondary N) is 1. The Balaban J connectivity index is 1.69. The van der Waals surface area contributed by atoms with Gasteiger partial charge in [0.1, 0.15) is 11.5 Å². The molecule has 2 aromatic carbocycles. The number of rotatable bonds is 4. The summed E-state index contributed by atoms with van der Waals surface area (Å²) in [6.45, 7) is 0. The first-order valence-electron chi connectivity index (χ1n) is 6.77. The molecule has 124 valence electrons. The number of phenols is 1. The van der Waals surface area contributed by atoms with E-state index in [0.29, 0.717) is 10.8 Å². The van der Waals surface area contributed by atoms with E-state index in [0.717, 1.165) is 11.3 Å². The summed E-state index contributed by atoms with van der Waals surface area (Å²) >= 11 is 1.36. The zero-order valence-corrected chi connectivity index (χ0v) is 12.9. The molecule has 1 heterocycles. The zero-order valence-electron chi connectivity index (χ0n) is 12.0. The van der Waals surface area contributed by atoms with Crippen LogP contribution in [0.1, 0.15) is 0 Å². The Morgan fingerprint density at radius 2 is 1.67 bits per heavy atom. The monoisotopic (exact) mass is 352 g/mol. The molecular formula is C16H11F3N2O2S. The van der Waals surface area contributed by atoms with Crippen molar-refractivity contribution in [3.05, 3.63) is 53.9 Å². The van der Waals surface area contributed by atoms with Gasteiger partial charge in [0, 0.05) is 16.6 Å². The molecule has 0 unspecified atom stereocenters. The lowest BCUT2D eigenvalue weighted by molar-refractivity contribution is -0.274. The molecule has 0 radical (unpaired) electrons. The van der Waals surface area contributed by atoms with E-state index in [-0.39, 0.29) is 11.5 Å². The van der Waals surface area contributed by atoms with Crippen molar-refractivity contribution in [2.24, 2.45) is 0 Å². The predicted octanol–water partition coefficient (Wildman–Crippen LogP) is 5.16. The van der Waals surface area contributed by atoms with Gasteiger partial charge in [-0.1, -0.05) is 0 Å². The molecule has 0 amide bonds. The molecule has 3 rings (SSSR count). The van der Waals surface area contributed by atoms with Crippen LogP contribution in [0.5, 0.6) is 11.5 Å². The molecule has 0 saturated heterocycles. The van der Waals surface area contributed by atoms with Gasteiger partial charge in [0.05, 0.1) is 5.69 Å². The van der Waals surface area contributed by atoms with E-state index in [1.54, 1.807) is 24.3 Å². The highest BCUT2D eigenvalue weighted by atomic mass is 32.1. The highest BCUT2D eigenvalue weighted by Gasteiger charge is 2.30.